The Balaban J connectivity index is 1.66. The molecular weight excluding hydrogens is 352 g/mol. The molecule has 22 heavy (non-hydrogen) atoms. The van der Waals surface area contributed by atoms with E-state index in [2.05, 4.69) is 26.6 Å². The van der Waals surface area contributed by atoms with Crippen LogP contribution in [-0.2, 0) is 19.1 Å². The van der Waals surface area contributed by atoms with Crippen molar-refractivity contribution in [1.29, 1.82) is 0 Å². The zero-order valence-corrected chi connectivity index (χ0v) is 13.5. The number of ether oxygens (including phenoxy) is 1. The quantitative estimate of drug-likeness (QED) is 0.750. The number of benzene rings is 1. The van der Waals surface area contributed by atoms with E-state index < -0.39 is 5.91 Å². The third-order valence-electron chi connectivity index (χ3n) is 3.38. The van der Waals surface area contributed by atoms with Crippen molar-refractivity contribution in [3.05, 3.63) is 28.7 Å². The van der Waals surface area contributed by atoms with Gasteiger partial charge < -0.3 is 15.4 Å². The molecule has 1 aliphatic carbocycles. The van der Waals surface area contributed by atoms with Gasteiger partial charge in [-0.2, -0.15) is 0 Å². The van der Waals surface area contributed by atoms with E-state index in [9.17, 15) is 14.4 Å². The van der Waals surface area contributed by atoms with Crippen LogP contribution in [0, 0.1) is 5.92 Å². The van der Waals surface area contributed by atoms with E-state index in [1.807, 2.05) is 6.07 Å². The largest absolute Gasteiger partial charge is 0.455 e. The summed E-state index contributed by atoms with van der Waals surface area (Å²) in [5.41, 5.74) is 0.623. The minimum Gasteiger partial charge on any atom is -0.455 e. The zero-order chi connectivity index (χ0) is 15.9. The Bertz CT molecular complexity index is 572. The molecule has 0 saturated heterocycles. The van der Waals surface area contributed by atoms with Gasteiger partial charge in [0.15, 0.2) is 6.61 Å². The summed E-state index contributed by atoms with van der Waals surface area (Å²) in [7, 11) is 0. The van der Waals surface area contributed by atoms with Gasteiger partial charge in [-0.15, -0.1) is 0 Å². The van der Waals surface area contributed by atoms with Crippen molar-refractivity contribution in [2.75, 3.05) is 18.5 Å². The van der Waals surface area contributed by atoms with Crippen molar-refractivity contribution in [2.24, 2.45) is 5.92 Å². The van der Waals surface area contributed by atoms with E-state index in [0.29, 0.717) is 5.69 Å². The SMILES string of the molecule is O=C(COC(=O)C1CCC1)NCC(=O)Nc1ccccc1Br. The van der Waals surface area contributed by atoms with E-state index in [1.165, 1.54) is 0 Å². The number of carbonyl (C=O) groups excluding carboxylic acids is 3. The second-order valence-corrected chi connectivity index (χ2v) is 5.89. The highest BCUT2D eigenvalue weighted by atomic mass is 79.9. The van der Waals surface area contributed by atoms with Crippen molar-refractivity contribution in [3.63, 3.8) is 0 Å². The van der Waals surface area contributed by atoms with E-state index in [4.69, 9.17) is 4.74 Å². The lowest BCUT2D eigenvalue weighted by molar-refractivity contribution is -0.155. The van der Waals surface area contributed by atoms with E-state index in [-0.39, 0.29) is 30.9 Å². The highest BCUT2D eigenvalue weighted by molar-refractivity contribution is 9.10. The summed E-state index contributed by atoms with van der Waals surface area (Å²) in [5.74, 6) is -1.24. The molecule has 118 valence electrons. The van der Waals surface area contributed by atoms with Crippen LogP contribution in [0.25, 0.3) is 0 Å². The number of anilines is 1. The maximum atomic E-state index is 11.7. The molecule has 1 fully saturated rings. The van der Waals surface area contributed by atoms with Crippen molar-refractivity contribution in [3.8, 4) is 0 Å². The molecule has 0 radical (unpaired) electrons. The van der Waals surface area contributed by atoms with Gasteiger partial charge in [0.05, 0.1) is 18.2 Å². The summed E-state index contributed by atoms with van der Waals surface area (Å²) in [4.78, 5) is 34.7. The van der Waals surface area contributed by atoms with Gasteiger partial charge >= 0.3 is 5.97 Å². The smallest absolute Gasteiger partial charge is 0.309 e. The number of esters is 1. The van der Waals surface area contributed by atoms with E-state index in [0.717, 1.165) is 23.7 Å². The van der Waals surface area contributed by atoms with Gasteiger partial charge in [-0.1, -0.05) is 18.6 Å². The van der Waals surface area contributed by atoms with Crippen LogP contribution in [0.5, 0.6) is 0 Å². The fraction of sp³-hybridized carbons (Fsp3) is 0.400. The van der Waals surface area contributed by atoms with Gasteiger partial charge in [-0.25, -0.2) is 0 Å². The highest BCUT2D eigenvalue weighted by Crippen LogP contribution is 2.27. The normalized spacial score (nSPS) is 13.9. The zero-order valence-electron chi connectivity index (χ0n) is 11.9. The number of halogens is 1. The van der Waals surface area contributed by atoms with Gasteiger partial charge in [-0.3, -0.25) is 14.4 Å². The molecular formula is C15H17BrN2O4. The van der Waals surface area contributed by atoms with Gasteiger partial charge in [0.1, 0.15) is 0 Å². The standard InChI is InChI=1S/C15H17BrN2O4/c16-11-6-1-2-7-12(11)18-13(19)8-17-14(20)9-22-15(21)10-4-3-5-10/h1-2,6-7,10H,3-5,8-9H2,(H,17,20)(H,18,19). The number of hydrogen-bond acceptors (Lipinski definition) is 4. The first-order chi connectivity index (χ1) is 10.6. The molecule has 0 atom stereocenters. The number of nitrogens with one attached hydrogen (secondary N) is 2. The number of rotatable bonds is 6. The van der Waals surface area contributed by atoms with Gasteiger partial charge in [0.25, 0.3) is 5.91 Å². The Morgan fingerprint density at radius 3 is 2.55 bits per heavy atom. The molecule has 7 heteroatoms. The van der Waals surface area contributed by atoms with Crippen molar-refractivity contribution in [2.45, 2.75) is 19.3 Å². The molecule has 0 spiro atoms. The average Bonchev–Trinajstić information content (AvgIpc) is 2.43. The van der Waals surface area contributed by atoms with Crippen molar-refractivity contribution < 1.29 is 19.1 Å². The lowest BCUT2D eigenvalue weighted by Crippen LogP contribution is -2.36. The van der Waals surface area contributed by atoms with Crippen LogP contribution in [-0.4, -0.2) is 30.9 Å². The molecule has 2 rings (SSSR count). The first kappa shape index (κ1) is 16.5. The topological polar surface area (TPSA) is 84.5 Å². The fourth-order valence-corrected chi connectivity index (χ4v) is 2.27. The summed E-state index contributed by atoms with van der Waals surface area (Å²) in [6, 6.07) is 7.16. The third-order valence-corrected chi connectivity index (χ3v) is 4.07. The van der Waals surface area contributed by atoms with Crippen LogP contribution in [0.2, 0.25) is 0 Å². The predicted molar refractivity (Wildman–Crippen MR) is 84.1 cm³/mol. The third kappa shape index (κ3) is 4.84. The maximum absolute atomic E-state index is 11.7. The average molecular weight is 369 g/mol. The minimum atomic E-state index is -0.491. The number of amides is 2. The lowest BCUT2D eigenvalue weighted by Gasteiger charge is -2.22. The van der Waals surface area contributed by atoms with Crippen LogP contribution in [0.15, 0.2) is 28.7 Å². The monoisotopic (exact) mass is 368 g/mol. The van der Waals surface area contributed by atoms with Gasteiger partial charge in [0, 0.05) is 4.47 Å². The summed E-state index contributed by atoms with van der Waals surface area (Å²) in [6.07, 6.45) is 2.69. The summed E-state index contributed by atoms with van der Waals surface area (Å²) >= 11 is 3.31. The molecule has 1 aromatic carbocycles. The Labute approximate surface area is 136 Å². The van der Waals surface area contributed by atoms with Crippen LogP contribution >= 0.6 is 15.9 Å². The first-order valence-corrected chi connectivity index (χ1v) is 7.83. The summed E-state index contributed by atoms with van der Waals surface area (Å²) in [6.45, 7) is -0.529. The molecule has 2 amide bonds. The molecule has 0 heterocycles. The Hall–Kier alpha value is -1.89. The molecule has 0 aliphatic heterocycles. The second kappa shape index (κ2) is 7.93. The van der Waals surface area contributed by atoms with E-state index >= 15 is 0 Å². The molecule has 6 nitrogen and oxygen atoms in total. The molecule has 1 aliphatic rings. The predicted octanol–water partition coefficient (Wildman–Crippen LogP) is 1.85. The van der Waals surface area contributed by atoms with Crippen LogP contribution in [0.1, 0.15) is 19.3 Å². The van der Waals surface area contributed by atoms with Crippen LogP contribution in [0.4, 0.5) is 5.69 Å². The highest BCUT2D eigenvalue weighted by Gasteiger charge is 2.27. The molecule has 1 saturated carbocycles. The minimum absolute atomic E-state index is 0.0634. The molecule has 0 unspecified atom stereocenters. The summed E-state index contributed by atoms with van der Waals surface area (Å²) in [5, 5.41) is 5.07. The van der Waals surface area contributed by atoms with Crippen molar-refractivity contribution in [1.82, 2.24) is 5.32 Å². The van der Waals surface area contributed by atoms with Gasteiger partial charge in [0.2, 0.25) is 5.91 Å². The summed E-state index contributed by atoms with van der Waals surface area (Å²) < 4.78 is 5.64. The molecule has 0 aromatic heterocycles. The first-order valence-electron chi connectivity index (χ1n) is 7.04. The maximum Gasteiger partial charge on any atom is 0.309 e. The number of hydrogen-bond donors (Lipinski definition) is 2. The Morgan fingerprint density at radius 2 is 1.91 bits per heavy atom. The molecule has 2 N–H and O–H groups in total. The van der Waals surface area contributed by atoms with Crippen LogP contribution < -0.4 is 10.6 Å². The Kier molecular flexibility index (Phi) is 5.94. The number of carbonyl (C=O) groups is 3. The van der Waals surface area contributed by atoms with E-state index in [1.54, 1.807) is 18.2 Å². The molecule has 1 aromatic rings. The lowest BCUT2D eigenvalue weighted by atomic mass is 9.86. The van der Waals surface area contributed by atoms with Crippen LogP contribution in [0.3, 0.4) is 0 Å². The second-order valence-electron chi connectivity index (χ2n) is 5.04. The van der Waals surface area contributed by atoms with Crippen molar-refractivity contribution >= 4 is 39.4 Å². The fourth-order valence-electron chi connectivity index (χ4n) is 1.89. The number of para-hydroxylation sites is 1. The van der Waals surface area contributed by atoms with Gasteiger partial charge in [-0.05, 0) is 40.9 Å². The Morgan fingerprint density at radius 1 is 1.18 bits per heavy atom. The molecule has 0 bridgehead atoms.